The van der Waals surface area contributed by atoms with Gasteiger partial charge in [0, 0.05) is 16.8 Å². The molecular weight excluding hydrogens is 214 g/mol. The molecule has 0 aromatic heterocycles. The zero-order valence-electron chi connectivity index (χ0n) is 9.11. The molecule has 4 heteroatoms. The number of hydrogen-bond acceptors (Lipinski definition) is 2. The maximum Gasteiger partial charge on any atom is 0.123 e. The van der Waals surface area contributed by atoms with Crippen LogP contribution in [-0.4, -0.2) is 11.7 Å². The van der Waals surface area contributed by atoms with Gasteiger partial charge in [0.15, 0.2) is 0 Å². The van der Waals surface area contributed by atoms with E-state index >= 15 is 0 Å². The van der Waals surface area contributed by atoms with Crippen molar-refractivity contribution in [3.8, 4) is 5.75 Å². The number of hydrogen-bond donors (Lipinski definition) is 1. The lowest BCUT2D eigenvalue weighted by atomic mass is 10.0. The predicted octanol–water partition coefficient (Wildman–Crippen LogP) is 3.87. The van der Waals surface area contributed by atoms with Crippen LogP contribution in [0.4, 0.5) is 0 Å². The van der Waals surface area contributed by atoms with E-state index in [9.17, 15) is 5.11 Å². The van der Waals surface area contributed by atoms with Gasteiger partial charge in [0.1, 0.15) is 5.75 Å². The van der Waals surface area contributed by atoms with Crippen molar-refractivity contribution in [1.82, 2.24) is 0 Å². The first kappa shape index (κ1) is 11.0. The summed E-state index contributed by atoms with van der Waals surface area (Å²) in [5, 5.41) is 14.9. The minimum Gasteiger partial charge on any atom is -0.507 e. The van der Waals surface area contributed by atoms with E-state index in [1.807, 2.05) is 36.4 Å². The highest BCUT2D eigenvalue weighted by Gasteiger charge is 2.01. The lowest BCUT2D eigenvalue weighted by Gasteiger charge is -2.04. The highest BCUT2D eigenvalue weighted by molar-refractivity contribution is 5.94. The Balaban J connectivity index is 2.44. The molecule has 0 aliphatic heterocycles. The molecule has 0 fully saturated rings. The van der Waals surface area contributed by atoms with Gasteiger partial charge in [-0.15, -0.1) is 0 Å². The number of rotatable bonds is 3. The van der Waals surface area contributed by atoms with Crippen LogP contribution >= 0.6 is 0 Å². The van der Waals surface area contributed by atoms with E-state index in [-0.39, 0.29) is 5.75 Å². The standard InChI is InChI=1S/C13H11N3O/c14-16-15-9-3-4-10-7-8-13(17)12-6-2-1-5-11(10)12/h1-8,17H,9H2. The number of phenolic OH excluding ortho intramolecular Hbond substituents is 1. The fourth-order valence-corrected chi connectivity index (χ4v) is 1.72. The summed E-state index contributed by atoms with van der Waals surface area (Å²) >= 11 is 0. The zero-order valence-corrected chi connectivity index (χ0v) is 9.11. The molecule has 2 rings (SSSR count). The van der Waals surface area contributed by atoms with Crippen molar-refractivity contribution in [2.45, 2.75) is 0 Å². The fraction of sp³-hybridized carbons (Fsp3) is 0.0769. The predicted molar refractivity (Wildman–Crippen MR) is 68.7 cm³/mol. The Hall–Kier alpha value is -2.45. The first-order chi connectivity index (χ1) is 8.33. The van der Waals surface area contributed by atoms with Gasteiger partial charge in [0.2, 0.25) is 0 Å². The summed E-state index contributed by atoms with van der Waals surface area (Å²) in [7, 11) is 0. The summed E-state index contributed by atoms with van der Waals surface area (Å²) in [6, 6.07) is 11.1. The molecule has 0 atom stereocenters. The molecule has 0 saturated heterocycles. The van der Waals surface area contributed by atoms with Crippen molar-refractivity contribution in [1.29, 1.82) is 0 Å². The Labute approximate surface area is 98.4 Å². The largest absolute Gasteiger partial charge is 0.507 e. The average Bonchev–Trinajstić information content (AvgIpc) is 2.37. The quantitative estimate of drug-likeness (QED) is 0.480. The van der Waals surface area contributed by atoms with Crippen LogP contribution < -0.4 is 0 Å². The second-order valence-electron chi connectivity index (χ2n) is 3.54. The molecule has 0 aliphatic rings. The number of nitrogens with zero attached hydrogens (tertiary/aromatic N) is 3. The van der Waals surface area contributed by atoms with Gasteiger partial charge in [-0.2, -0.15) is 0 Å². The summed E-state index contributed by atoms with van der Waals surface area (Å²) in [5.74, 6) is 0.271. The summed E-state index contributed by atoms with van der Waals surface area (Å²) in [6.07, 6.45) is 3.68. The highest BCUT2D eigenvalue weighted by atomic mass is 16.3. The van der Waals surface area contributed by atoms with Crippen molar-refractivity contribution in [3.63, 3.8) is 0 Å². The number of azide groups is 1. The molecule has 1 N–H and O–H groups in total. The van der Waals surface area contributed by atoms with E-state index in [1.54, 1.807) is 12.1 Å². The first-order valence-corrected chi connectivity index (χ1v) is 5.21. The van der Waals surface area contributed by atoms with E-state index < -0.39 is 0 Å². The monoisotopic (exact) mass is 225 g/mol. The smallest absolute Gasteiger partial charge is 0.123 e. The maximum atomic E-state index is 9.71. The maximum absolute atomic E-state index is 9.71. The van der Waals surface area contributed by atoms with E-state index in [2.05, 4.69) is 10.0 Å². The van der Waals surface area contributed by atoms with Crippen molar-refractivity contribution in [3.05, 3.63) is 58.5 Å². The third-order valence-corrected chi connectivity index (χ3v) is 2.48. The van der Waals surface area contributed by atoms with Crippen LogP contribution in [0.15, 0.2) is 47.6 Å². The van der Waals surface area contributed by atoms with Gasteiger partial charge in [-0.05, 0) is 22.5 Å². The van der Waals surface area contributed by atoms with Crippen LogP contribution in [0, 0.1) is 0 Å². The van der Waals surface area contributed by atoms with Gasteiger partial charge in [0.05, 0.1) is 0 Å². The van der Waals surface area contributed by atoms with Crippen LogP contribution in [-0.2, 0) is 0 Å². The summed E-state index contributed by atoms with van der Waals surface area (Å²) in [6.45, 7) is 0.325. The lowest BCUT2D eigenvalue weighted by Crippen LogP contribution is -1.79. The number of aromatic hydroxyl groups is 1. The van der Waals surface area contributed by atoms with Crippen LogP contribution in [0.2, 0.25) is 0 Å². The molecule has 84 valence electrons. The Bertz CT molecular complexity index is 613. The Morgan fingerprint density at radius 3 is 2.71 bits per heavy atom. The molecule has 0 aliphatic carbocycles. The molecule has 2 aromatic carbocycles. The summed E-state index contributed by atoms with van der Waals surface area (Å²) < 4.78 is 0. The second-order valence-corrected chi connectivity index (χ2v) is 3.54. The van der Waals surface area contributed by atoms with Gasteiger partial charge < -0.3 is 5.11 Å². The fourth-order valence-electron chi connectivity index (χ4n) is 1.72. The third kappa shape index (κ3) is 2.38. The SMILES string of the molecule is [N-]=[N+]=NCC=Cc1ccc(O)c2ccccc12. The van der Waals surface area contributed by atoms with Crippen LogP contribution in [0.25, 0.3) is 27.3 Å². The first-order valence-electron chi connectivity index (χ1n) is 5.21. The number of benzene rings is 2. The summed E-state index contributed by atoms with van der Waals surface area (Å²) in [4.78, 5) is 2.68. The molecule has 0 heterocycles. The molecule has 0 unspecified atom stereocenters. The number of fused-ring (bicyclic) bond motifs is 1. The van der Waals surface area contributed by atoms with E-state index in [4.69, 9.17) is 5.53 Å². The molecular formula is C13H11N3O. The Kier molecular flexibility index (Phi) is 3.28. The molecule has 2 aromatic rings. The normalized spacial score (nSPS) is 10.6. The van der Waals surface area contributed by atoms with E-state index in [1.165, 1.54) is 0 Å². The lowest BCUT2D eigenvalue weighted by molar-refractivity contribution is 0.481. The molecule has 0 radical (unpaired) electrons. The van der Waals surface area contributed by atoms with Crippen molar-refractivity contribution < 1.29 is 5.11 Å². The molecule has 4 nitrogen and oxygen atoms in total. The van der Waals surface area contributed by atoms with Gasteiger partial charge >= 0.3 is 0 Å². The Morgan fingerprint density at radius 2 is 1.94 bits per heavy atom. The van der Waals surface area contributed by atoms with Gasteiger partial charge in [0.25, 0.3) is 0 Å². The third-order valence-electron chi connectivity index (χ3n) is 2.48. The molecule has 0 saturated carbocycles. The molecule has 0 spiro atoms. The topological polar surface area (TPSA) is 69.0 Å². The summed E-state index contributed by atoms with van der Waals surface area (Å²) in [5.41, 5.74) is 9.16. The molecule has 0 amide bonds. The van der Waals surface area contributed by atoms with Gasteiger partial charge in [-0.3, -0.25) is 0 Å². The minimum atomic E-state index is 0.271. The zero-order chi connectivity index (χ0) is 12.1. The molecule has 17 heavy (non-hydrogen) atoms. The van der Waals surface area contributed by atoms with Crippen LogP contribution in [0.3, 0.4) is 0 Å². The van der Waals surface area contributed by atoms with Crippen molar-refractivity contribution in [2.24, 2.45) is 5.11 Å². The average molecular weight is 225 g/mol. The van der Waals surface area contributed by atoms with Crippen LogP contribution in [0.5, 0.6) is 5.75 Å². The highest BCUT2D eigenvalue weighted by Crippen LogP contribution is 2.27. The van der Waals surface area contributed by atoms with Crippen molar-refractivity contribution in [2.75, 3.05) is 6.54 Å². The number of phenols is 1. The van der Waals surface area contributed by atoms with Crippen LogP contribution in [0.1, 0.15) is 5.56 Å². The van der Waals surface area contributed by atoms with Gasteiger partial charge in [-0.1, -0.05) is 47.6 Å². The van der Waals surface area contributed by atoms with Gasteiger partial charge in [-0.25, -0.2) is 0 Å². The second kappa shape index (κ2) is 5.05. The minimum absolute atomic E-state index is 0.271. The Morgan fingerprint density at radius 1 is 1.18 bits per heavy atom. The van der Waals surface area contributed by atoms with E-state index in [0.29, 0.717) is 6.54 Å². The molecule has 0 bridgehead atoms. The van der Waals surface area contributed by atoms with Crippen molar-refractivity contribution >= 4 is 16.8 Å². The van der Waals surface area contributed by atoms with E-state index in [0.717, 1.165) is 16.3 Å².